The van der Waals surface area contributed by atoms with E-state index in [-0.39, 0.29) is 12.5 Å². The van der Waals surface area contributed by atoms with Crippen molar-refractivity contribution in [3.63, 3.8) is 0 Å². The molecule has 0 atom stereocenters. The number of para-hydroxylation sites is 1. The van der Waals surface area contributed by atoms with E-state index in [1.165, 1.54) is 11.3 Å². The topological polar surface area (TPSA) is 59.2 Å². The molecule has 0 saturated carbocycles. The van der Waals surface area contributed by atoms with Crippen LogP contribution in [0.15, 0.2) is 36.5 Å². The number of aryl methyl sites for hydroxylation is 1. The Morgan fingerprint density at radius 2 is 1.73 bits per heavy atom. The highest BCUT2D eigenvalue weighted by Crippen LogP contribution is 2.20. The highest BCUT2D eigenvalue weighted by Gasteiger charge is 2.24. The van der Waals surface area contributed by atoms with E-state index in [4.69, 9.17) is 16.7 Å². The maximum Gasteiger partial charge on any atom is 0.244 e. The largest absolute Gasteiger partial charge is 0.339 e. The third-order valence-corrected chi connectivity index (χ3v) is 6.25. The lowest BCUT2D eigenvalue weighted by molar-refractivity contribution is -0.133. The summed E-state index contributed by atoms with van der Waals surface area (Å²) in [4.78, 5) is 17.0. The lowest BCUT2D eigenvalue weighted by Crippen LogP contribution is -2.49. The number of carbonyl (C=O) groups is 1. The molecule has 7 nitrogen and oxygen atoms in total. The number of benzene rings is 1. The smallest absolute Gasteiger partial charge is 0.244 e. The number of hydrogen-bond acceptors (Lipinski definition) is 4. The van der Waals surface area contributed by atoms with Crippen molar-refractivity contribution in [1.29, 1.82) is 0 Å². The van der Waals surface area contributed by atoms with Gasteiger partial charge >= 0.3 is 0 Å². The zero-order valence-electron chi connectivity index (χ0n) is 17.7. The molecule has 0 radical (unpaired) electrons. The summed E-state index contributed by atoms with van der Waals surface area (Å²) in [6.45, 7) is 10.3. The fraction of sp³-hybridized carbons (Fsp3) is 0.409. The Morgan fingerprint density at radius 1 is 1.03 bits per heavy atom. The Balaban J connectivity index is 1.37. The van der Waals surface area contributed by atoms with E-state index in [0.29, 0.717) is 5.02 Å². The molecule has 0 unspecified atom stereocenters. The average molecular weight is 427 g/mol. The Bertz CT molecular complexity index is 1030. The number of aromatic nitrogens is 4. The summed E-state index contributed by atoms with van der Waals surface area (Å²) in [5.41, 5.74) is 5.39. The monoisotopic (exact) mass is 426 g/mol. The van der Waals surface area contributed by atoms with Crippen LogP contribution in [0.25, 0.3) is 5.69 Å². The van der Waals surface area contributed by atoms with Crippen LogP contribution in [-0.2, 0) is 17.9 Å². The van der Waals surface area contributed by atoms with Crippen molar-refractivity contribution in [2.24, 2.45) is 0 Å². The summed E-state index contributed by atoms with van der Waals surface area (Å²) in [6.07, 6.45) is 1.59. The molecule has 1 fully saturated rings. The minimum absolute atomic E-state index is 0.0850. The lowest BCUT2D eigenvalue weighted by Gasteiger charge is -2.34. The van der Waals surface area contributed by atoms with Gasteiger partial charge in [-0.25, -0.2) is 4.68 Å². The minimum atomic E-state index is 0.0850. The molecule has 1 amide bonds. The van der Waals surface area contributed by atoms with Crippen molar-refractivity contribution >= 4 is 17.5 Å². The van der Waals surface area contributed by atoms with Crippen LogP contribution in [0.2, 0.25) is 5.02 Å². The van der Waals surface area contributed by atoms with Crippen molar-refractivity contribution in [1.82, 2.24) is 29.4 Å². The second-order valence-corrected chi connectivity index (χ2v) is 8.20. The number of halogens is 1. The Labute approximate surface area is 181 Å². The summed E-state index contributed by atoms with van der Waals surface area (Å²) >= 11 is 6.04. The molecule has 0 bridgehead atoms. The van der Waals surface area contributed by atoms with Gasteiger partial charge in [0.25, 0.3) is 0 Å². The van der Waals surface area contributed by atoms with Gasteiger partial charge in [-0.05, 0) is 32.9 Å². The molecule has 3 heterocycles. The van der Waals surface area contributed by atoms with Crippen LogP contribution in [0.5, 0.6) is 0 Å². The zero-order valence-corrected chi connectivity index (χ0v) is 18.4. The summed E-state index contributed by atoms with van der Waals surface area (Å²) in [6, 6.07) is 10.2. The van der Waals surface area contributed by atoms with E-state index >= 15 is 0 Å². The van der Waals surface area contributed by atoms with Gasteiger partial charge in [-0.2, -0.15) is 10.2 Å². The normalized spacial score (nSPS) is 15.0. The molecule has 4 rings (SSSR count). The predicted octanol–water partition coefficient (Wildman–Crippen LogP) is 2.99. The number of carbonyl (C=O) groups excluding carboxylic acids is 1. The fourth-order valence-corrected chi connectivity index (χ4v) is 4.06. The molecule has 0 spiro atoms. The summed E-state index contributed by atoms with van der Waals surface area (Å²) < 4.78 is 3.68. The summed E-state index contributed by atoms with van der Waals surface area (Å²) in [7, 11) is 0. The molecule has 1 aliphatic heterocycles. The molecule has 30 heavy (non-hydrogen) atoms. The van der Waals surface area contributed by atoms with Crippen molar-refractivity contribution in [3.8, 4) is 5.69 Å². The van der Waals surface area contributed by atoms with Gasteiger partial charge in [0.2, 0.25) is 5.91 Å². The van der Waals surface area contributed by atoms with Gasteiger partial charge in [-0.3, -0.25) is 14.4 Å². The predicted molar refractivity (Wildman–Crippen MR) is 117 cm³/mol. The van der Waals surface area contributed by atoms with Gasteiger partial charge in [0.1, 0.15) is 6.54 Å². The number of piperazine rings is 1. The minimum Gasteiger partial charge on any atom is -0.339 e. The molecule has 158 valence electrons. The Morgan fingerprint density at radius 3 is 2.37 bits per heavy atom. The quantitative estimate of drug-likeness (QED) is 0.629. The van der Waals surface area contributed by atoms with Gasteiger partial charge in [0.15, 0.2) is 0 Å². The van der Waals surface area contributed by atoms with E-state index < -0.39 is 0 Å². The van der Waals surface area contributed by atoms with E-state index in [0.717, 1.165) is 49.8 Å². The molecular formula is C22H27ClN6O. The number of nitrogens with zero attached hydrogens (tertiary/aromatic N) is 6. The highest BCUT2D eigenvalue weighted by atomic mass is 35.5. The maximum atomic E-state index is 12.7. The number of hydrogen-bond donors (Lipinski definition) is 0. The maximum absolute atomic E-state index is 12.7. The summed E-state index contributed by atoms with van der Waals surface area (Å²) in [5, 5.41) is 9.53. The first-order chi connectivity index (χ1) is 14.4. The van der Waals surface area contributed by atoms with Crippen LogP contribution < -0.4 is 0 Å². The number of rotatable bonds is 5. The third-order valence-electron chi connectivity index (χ3n) is 5.88. The van der Waals surface area contributed by atoms with Gasteiger partial charge in [-0.1, -0.05) is 29.8 Å². The van der Waals surface area contributed by atoms with Crippen molar-refractivity contribution in [3.05, 3.63) is 64.2 Å². The molecule has 0 N–H and O–H groups in total. The zero-order chi connectivity index (χ0) is 21.3. The van der Waals surface area contributed by atoms with Crippen LogP contribution in [0, 0.1) is 20.8 Å². The second-order valence-electron chi connectivity index (χ2n) is 7.79. The van der Waals surface area contributed by atoms with Gasteiger partial charge < -0.3 is 4.90 Å². The van der Waals surface area contributed by atoms with Gasteiger partial charge in [0.05, 0.1) is 28.3 Å². The summed E-state index contributed by atoms with van der Waals surface area (Å²) in [5.74, 6) is 0.0850. The average Bonchev–Trinajstić information content (AvgIpc) is 3.22. The van der Waals surface area contributed by atoms with Crippen molar-refractivity contribution in [2.45, 2.75) is 33.9 Å². The molecule has 0 aliphatic carbocycles. The highest BCUT2D eigenvalue weighted by molar-refractivity contribution is 6.31. The molecule has 3 aromatic rings. The molecule has 1 saturated heterocycles. The van der Waals surface area contributed by atoms with Crippen LogP contribution in [-0.4, -0.2) is 61.4 Å². The number of amides is 1. The van der Waals surface area contributed by atoms with Crippen LogP contribution in [0.4, 0.5) is 0 Å². The van der Waals surface area contributed by atoms with E-state index in [1.807, 2.05) is 34.7 Å². The molecule has 2 aromatic heterocycles. The molecule has 8 heteroatoms. The Kier molecular flexibility index (Phi) is 5.92. The SMILES string of the molecule is Cc1nn(-c2ccccc2)c(C)c1CN1CCN(C(=O)Cn2ncc(Cl)c2C)CC1. The van der Waals surface area contributed by atoms with E-state index in [2.05, 4.69) is 36.0 Å². The third kappa shape index (κ3) is 4.13. The fourth-order valence-electron chi connectivity index (χ4n) is 3.91. The first-order valence-corrected chi connectivity index (χ1v) is 10.6. The standard InChI is InChI=1S/C22H27ClN6O/c1-16-20(17(2)29(25-16)19-7-5-4-6-8-19)14-26-9-11-27(12-10-26)22(30)15-28-18(3)21(23)13-24-28/h4-8,13H,9-12,14-15H2,1-3H3. The van der Waals surface area contributed by atoms with Crippen LogP contribution in [0.3, 0.4) is 0 Å². The molecule has 1 aliphatic rings. The van der Waals surface area contributed by atoms with Gasteiger partial charge in [0, 0.05) is 44.0 Å². The first kappa shape index (κ1) is 20.6. The lowest BCUT2D eigenvalue weighted by atomic mass is 10.1. The first-order valence-electron chi connectivity index (χ1n) is 10.2. The van der Waals surface area contributed by atoms with E-state index in [9.17, 15) is 4.79 Å². The van der Waals surface area contributed by atoms with E-state index in [1.54, 1.807) is 10.9 Å². The molecule has 1 aromatic carbocycles. The van der Waals surface area contributed by atoms with Gasteiger partial charge in [-0.15, -0.1) is 0 Å². The second kappa shape index (κ2) is 8.62. The molecular weight excluding hydrogens is 400 g/mol. The Hall–Kier alpha value is -2.64. The van der Waals surface area contributed by atoms with Crippen molar-refractivity contribution < 1.29 is 4.79 Å². The van der Waals surface area contributed by atoms with Crippen molar-refractivity contribution in [2.75, 3.05) is 26.2 Å². The van der Waals surface area contributed by atoms with Crippen LogP contribution >= 0.6 is 11.6 Å². The van der Waals surface area contributed by atoms with Crippen LogP contribution in [0.1, 0.15) is 22.6 Å².